The SMILES string of the molecule is Clc1cccc(NC2CCN3CCCC3C2)c1Br. The van der Waals surface area contributed by atoms with Gasteiger partial charge in [-0.25, -0.2) is 0 Å². The molecule has 2 aliphatic heterocycles. The van der Waals surface area contributed by atoms with E-state index in [0.29, 0.717) is 6.04 Å². The van der Waals surface area contributed by atoms with Gasteiger partial charge in [-0.05, 0) is 60.3 Å². The molecule has 0 spiro atoms. The topological polar surface area (TPSA) is 15.3 Å². The Morgan fingerprint density at radius 3 is 3.06 bits per heavy atom. The molecule has 98 valence electrons. The maximum absolute atomic E-state index is 6.13. The van der Waals surface area contributed by atoms with Gasteiger partial charge in [-0.2, -0.15) is 0 Å². The first-order valence-electron chi connectivity index (χ1n) is 6.68. The van der Waals surface area contributed by atoms with Crippen LogP contribution in [-0.2, 0) is 0 Å². The molecule has 2 fully saturated rings. The fourth-order valence-electron chi connectivity index (χ4n) is 3.19. The molecule has 0 aliphatic carbocycles. The zero-order valence-corrected chi connectivity index (χ0v) is 12.7. The van der Waals surface area contributed by atoms with Crippen molar-refractivity contribution in [3.8, 4) is 0 Å². The van der Waals surface area contributed by atoms with Gasteiger partial charge >= 0.3 is 0 Å². The average molecular weight is 330 g/mol. The van der Waals surface area contributed by atoms with Crippen molar-refractivity contribution in [2.45, 2.75) is 37.8 Å². The Labute approximate surface area is 122 Å². The summed E-state index contributed by atoms with van der Waals surface area (Å²) in [6.45, 7) is 2.54. The molecule has 2 nitrogen and oxygen atoms in total. The van der Waals surface area contributed by atoms with Crippen LogP contribution in [0.3, 0.4) is 0 Å². The minimum absolute atomic E-state index is 0.583. The minimum Gasteiger partial charge on any atom is -0.381 e. The first-order valence-corrected chi connectivity index (χ1v) is 7.86. The molecule has 18 heavy (non-hydrogen) atoms. The van der Waals surface area contributed by atoms with Gasteiger partial charge in [0.05, 0.1) is 15.2 Å². The Morgan fingerprint density at radius 1 is 1.28 bits per heavy atom. The summed E-state index contributed by atoms with van der Waals surface area (Å²) in [6, 6.07) is 7.39. The number of hydrogen-bond acceptors (Lipinski definition) is 2. The molecule has 0 amide bonds. The molecular weight excluding hydrogens is 312 g/mol. The standard InChI is InChI=1S/C14H18BrClN2/c15-14-12(16)4-1-5-13(14)17-10-6-8-18-7-2-3-11(18)9-10/h1,4-5,10-11,17H,2-3,6-9H2. The summed E-state index contributed by atoms with van der Waals surface area (Å²) in [7, 11) is 0. The van der Waals surface area contributed by atoms with Crippen LogP contribution in [0.15, 0.2) is 22.7 Å². The molecule has 0 saturated carbocycles. The van der Waals surface area contributed by atoms with Gasteiger partial charge in [0.15, 0.2) is 0 Å². The number of piperidine rings is 1. The molecule has 2 aliphatic rings. The van der Waals surface area contributed by atoms with E-state index in [2.05, 4.69) is 32.2 Å². The fourth-order valence-corrected chi connectivity index (χ4v) is 3.74. The van der Waals surface area contributed by atoms with Crippen molar-refractivity contribution in [1.82, 2.24) is 4.90 Å². The third-order valence-corrected chi connectivity index (χ3v) is 5.53. The summed E-state index contributed by atoms with van der Waals surface area (Å²) >= 11 is 9.68. The number of nitrogens with zero attached hydrogens (tertiary/aromatic N) is 1. The van der Waals surface area contributed by atoms with Crippen molar-refractivity contribution < 1.29 is 0 Å². The molecule has 0 radical (unpaired) electrons. The molecule has 2 heterocycles. The second-order valence-electron chi connectivity index (χ2n) is 5.30. The van der Waals surface area contributed by atoms with Crippen molar-refractivity contribution in [2.24, 2.45) is 0 Å². The van der Waals surface area contributed by atoms with Crippen LogP contribution in [0.2, 0.25) is 5.02 Å². The van der Waals surface area contributed by atoms with E-state index in [1.54, 1.807) is 0 Å². The van der Waals surface area contributed by atoms with E-state index in [1.165, 1.54) is 38.8 Å². The summed E-state index contributed by atoms with van der Waals surface area (Å²) < 4.78 is 0.987. The highest BCUT2D eigenvalue weighted by Crippen LogP contribution is 2.33. The maximum atomic E-state index is 6.13. The van der Waals surface area contributed by atoms with Gasteiger partial charge in [0.25, 0.3) is 0 Å². The number of fused-ring (bicyclic) bond motifs is 1. The molecule has 3 rings (SSSR count). The minimum atomic E-state index is 0.583. The smallest absolute Gasteiger partial charge is 0.0593 e. The van der Waals surface area contributed by atoms with Gasteiger partial charge in [-0.15, -0.1) is 0 Å². The van der Waals surface area contributed by atoms with E-state index in [9.17, 15) is 0 Å². The summed E-state index contributed by atoms with van der Waals surface area (Å²) in [5.74, 6) is 0. The highest BCUT2D eigenvalue weighted by Gasteiger charge is 2.31. The van der Waals surface area contributed by atoms with Crippen LogP contribution in [0.4, 0.5) is 5.69 Å². The zero-order chi connectivity index (χ0) is 12.5. The van der Waals surface area contributed by atoms with Gasteiger partial charge in [-0.3, -0.25) is 0 Å². The lowest BCUT2D eigenvalue weighted by Gasteiger charge is -2.35. The quantitative estimate of drug-likeness (QED) is 0.877. The van der Waals surface area contributed by atoms with Crippen LogP contribution in [0.5, 0.6) is 0 Å². The molecule has 2 atom stereocenters. The third kappa shape index (κ3) is 2.54. The van der Waals surface area contributed by atoms with Crippen molar-refractivity contribution in [3.63, 3.8) is 0 Å². The fraction of sp³-hybridized carbons (Fsp3) is 0.571. The Morgan fingerprint density at radius 2 is 2.17 bits per heavy atom. The lowest BCUT2D eigenvalue weighted by molar-refractivity contribution is 0.188. The van der Waals surface area contributed by atoms with E-state index >= 15 is 0 Å². The normalized spacial score (nSPS) is 28.1. The van der Waals surface area contributed by atoms with Crippen molar-refractivity contribution in [1.29, 1.82) is 0 Å². The lowest BCUT2D eigenvalue weighted by Crippen LogP contribution is -2.42. The number of anilines is 1. The van der Waals surface area contributed by atoms with Crippen LogP contribution in [-0.4, -0.2) is 30.1 Å². The molecule has 0 aromatic heterocycles. The van der Waals surface area contributed by atoms with Gasteiger partial charge in [-0.1, -0.05) is 17.7 Å². The zero-order valence-electron chi connectivity index (χ0n) is 10.3. The van der Waals surface area contributed by atoms with E-state index in [4.69, 9.17) is 11.6 Å². The molecule has 1 N–H and O–H groups in total. The summed E-state index contributed by atoms with van der Waals surface area (Å²) in [5.41, 5.74) is 1.12. The van der Waals surface area contributed by atoms with E-state index in [0.717, 1.165) is 21.2 Å². The van der Waals surface area contributed by atoms with Crippen molar-refractivity contribution in [3.05, 3.63) is 27.7 Å². The van der Waals surface area contributed by atoms with E-state index < -0.39 is 0 Å². The highest BCUT2D eigenvalue weighted by atomic mass is 79.9. The molecule has 4 heteroatoms. The number of benzene rings is 1. The molecule has 1 aromatic carbocycles. The van der Waals surface area contributed by atoms with Crippen LogP contribution in [0.1, 0.15) is 25.7 Å². The molecule has 2 saturated heterocycles. The van der Waals surface area contributed by atoms with Gasteiger partial charge in [0.2, 0.25) is 0 Å². The monoisotopic (exact) mass is 328 g/mol. The van der Waals surface area contributed by atoms with Gasteiger partial charge in [0.1, 0.15) is 0 Å². The number of rotatable bonds is 2. The number of hydrogen-bond donors (Lipinski definition) is 1. The Kier molecular flexibility index (Phi) is 3.83. The first kappa shape index (κ1) is 12.8. The number of halogens is 2. The second kappa shape index (κ2) is 5.40. The average Bonchev–Trinajstić information content (AvgIpc) is 2.82. The highest BCUT2D eigenvalue weighted by molar-refractivity contribution is 9.10. The maximum Gasteiger partial charge on any atom is 0.0593 e. The molecule has 2 unspecified atom stereocenters. The number of nitrogens with one attached hydrogen (secondary N) is 1. The van der Waals surface area contributed by atoms with E-state index in [1.807, 2.05) is 12.1 Å². The predicted molar refractivity (Wildman–Crippen MR) is 80.4 cm³/mol. The van der Waals surface area contributed by atoms with Crippen LogP contribution in [0.25, 0.3) is 0 Å². The Bertz CT molecular complexity index is 438. The Hall–Kier alpha value is -0.250. The van der Waals surface area contributed by atoms with Crippen LogP contribution >= 0.6 is 27.5 Å². The molecule has 1 aromatic rings. The predicted octanol–water partition coefficient (Wildman–Crippen LogP) is 4.14. The summed E-state index contributed by atoms with van der Waals surface area (Å²) in [6.07, 6.45) is 5.24. The van der Waals surface area contributed by atoms with E-state index in [-0.39, 0.29) is 0 Å². The molecule has 0 bridgehead atoms. The summed E-state index contributed by atoms with van der Waals surface area (Å²) in [5, 5.41) is 4.42. The third-order valence-electron chi connectivity index (χ3n) is 4.13. The first-order chi connectivity index (χ1) is 8.74. The molecular formula is C14H18BrClN2. The van der Waals surface area contributed by atoms with Crippen molar-refractivity contribution in [2.75, 3.05) is 18.4 Å². The van der Waals surface area contributed by atoms with Gasteiger partial charge in [0, 0.05) is 18.6 Å². The van der Waals surface area contributed by atoms with Crippen LogP contribution in [0, 0.1) is 0 Å². The second-order valence-corrected chi connectivity index (χ2v) is 6.50. The van der Waals surface area contributed by atoms with Gasteiger partial charge < -0.3 is 10.2 Å². The largest absolute Gasteiger partial charge is 0.381 e. The lowest BCUT2D eigenvalue weighted by atomic mass is 9.97. The summed E-state index contributed by atoms with van der Waals surface area (Å²) in [4.78, 5) is 2.64. The van der Waals surface area contributed by atoms with Crippen molar-refractivity contribution >= 4 is 33.2 Å². The Balaban J connectivity index is 1.68. The van der Waals surface area contributed by atoms with Crippen LogP contribution < -0.4 is 5.32 Å².